The number of H-pyrrole nitrogens is 1. The van der Waals surface area contributed by atoms with Crippen LogP contribution >= 0.6 is 39.9 Å². The monoisotopic (exact) mass is 2070 g/mol. The summed E-state index contributed by atoms with van der Waals surface area (Å²) >= 11 is 9.80. The minimum atomic E-state index is -1.09. The Labute approximate surface area is 851 Å². The van der Waals surface area contributed by atoms with Gasteiger partial charge in [-0.1, -0.05) is 261 Å². The van der Waals surface area contributed by atoms with Crippen LogP contribution in [0, 0.1) is 40.9 Å². The molecule has 9 heterocycles. The van der Waals surface area contributed by atoms with Crippen LogP contribution in [-0.2, 0) is 94.3 Å². The Kier molecular flexibility index (Phi) is 46.2. The maximum absolute atomic E-state index is 13.7. The van der Waals surface area contributed by atoms with Crippen molar-refractivity contribution in [3.8, 4) is 0 Å². The Morgan fingerprint density at radius 2 is 1.00 bits per heavy atom. The topological polar surface area (TPSA) is 491 Å². The molecule has 10 N–H and O–H groups in total. The van der Waals surface area contributed by atoms with Crippen molar-refractivity contribution in [1.29, 1.82) is 0 Å². The molecule has 0 aliphatic carbocycles. The number of aliphatic hydroxyl groups is 4. The number of nitrogens with one attached hydrogen (secondary N) is 6. The number of benzene rings is 2. The number of thiocarbonyl (C=S) groups is 1. The number of carbonyl (C=O) groups excluding carboxylic acids is 13. The third-order valence-electron chi connectivity index (χ3n) is 23.4. The number of para-hydroxylation sites is 1. The van der Waals surface area contributed by atoms with Crippen molar-refractivity contribution in [1.82, 2.24) is 56.3 Å². The number of esters is 3. The van der Waals surface area contributed by atoms with Gasteiger partial charge in [0, 0.05) is 105 Å². The van der Waals surface area contributed by atoms with Gasteiger partial charge in [0.15, 0.2) is 17.1 Å². The Hall–Kier alpha value is -12.5. The fraction of sp³-hybridized carbons (Fsp3) is 0.462. The van der Waals surface area contributed by atoms with E-state index in [1.54, 1.807) is 104 Å². The number of Topliss-reactive ketones (excluding diaryl/α,β-unsaturated/α-hetero) is 3. The van der Waals surface area contributed by atoms with Gasteiger partial charge in [0.25, 0.3) is 17.7 Å². The number of cyclic esters (lactones) is 3. The zero-order chi connectivity index (χ0) is 105. The summed E-state index contributed by atoms with van der Waals surface area (Å²) in [6.07, 6.45) is 25.9. The van der Waals surface area contributed by atoms with Crippen LogP contribution in [0.2, 0.25) is 0 Å². The highest BCUT2D eigenvalue weighted by Gasteiger charge is 2.42. The number of aliphatic hydroxyl groups excluding tert-OH is 4. The number of fused-ring (bicyclic) bond motifs is 8. The average molecular weight is 2070 g/mol. The number of aromatic nitrogens is 4. The standard InChI is InChI=1S/C34H40N4O7.C32H39N3O7.C29H39N3O7.C11H16BrNO2S2/c1-20(2)32-22(4)11-12-30(41)35-13-7-8-21(3)14-24(39)16-25(40)17-31-37-29(19-44-31)33(42)38-28(34(43)45-32)15-23-18-36-27-10-6-5-9-26(23)27;1-20(2)30-22(4)12-13-28(38)33-14-8-9-21(3)15-24(36)17-25(37)18-29-34-27(19-41-29)31(39)35-26(32(40)42-30)16-23-10-6-5-7-11-23;1-18-8-6-12-30-24(35)11-10-19(2)26(29(3,4)5)39-28(37)23-9-7-13-32(23)27(36)22-17-38-25(31-22)16-21(34)15-20(33)14-18;1-7(2)9-6-17-11(16)13(9)10(15)5-8(14)3-4-12/h5-12,14,18-20,22,24,28,32,36,39H,13,15-17H2,1-4H3,(H,35,41)(H,38,42);5-13,15,19-20,22,24,26,30,36H,14,16-18H2,1-4H3,(H,33,38)(H,35,39);6,8,10-11,14,17,19-20,23,26,33H,7,9,12-13,15-16H2,1-5H3,(H,30,35);3-4,7-9,14H,5-6H2,1-2H3/b8-7?,12-11+,21-14?;9-8?,13-12+,21-15?;8-6?,11-10+,18-14?;4-3+/t22-,24-,28-,32-;22-,24-,26-,30-;19-,20-,23-,26+;8-,9+/m1111/s1. The second-order valence-corrected chi connectivity index (χ2v) is 40.1. The number of ketones is 3. The van der Waals surface area contributed by atoms with Crippen LogP contribution in [0.25, 0.3) is 10.9 Å². The number of hydrogen-bond donors (Lipinski definition) is 10. The number of oxazole rings is 3. The Morgan fingerprint density at radius 1 is 0.566 bits per heavy atom. The molecular weight excluding hydrogens is 1940 g/mol. The van der Waals surface area contributed by atoms with E-state index in [9.17, 15) is 82.8 Å². The first kappa shape index (κ1) is 116. The number of aromatic amines is 1. The van der Waals surface area contributed by atoms with Gasteiger partial charge in [-0.3, -0.25) is 52.8 Å². The van der Waals surface area contributed by atoms with Gasteiger partial charge in [0.2, 0.25) is 41.3 Å². The number of carbonyl (C=O) groups is 13. The lowest BCUT2D eigenvalue weighted by Crippen LogP contribution is -2.46. The molecule has 11 rings (SSSR count). The molecule has 0 unspecified atom stereocenters. The summed E-state index contributed by atoms with van der Waals surface area (Å²) in [4.78, 5) is 187. The molecule has 6 aromatic rings. The van der Waals surface area contributed by atoms with Gasteiger partial charge in [-0.25, -0.2) is 29.3 Å². The van der Waals surface area contributed by atoms with Crippen LogP contribution in [0.1, 0.15) is 203 Å². The summed E-state index contributed by atoms with van der Waals surface area (Å²) in [5, 5.41) is 55.1. The molecule has 7 amide bonds. The van der Waals surface area contributed by atoms with Crippen molar-refractivity contribution in [3.63, 3.8) is 0 Å². The lowest BCUT2D eigenvalue weighted by Gasteiger charge is -2.35. The highest BCUT2D eigenvalue weighted by atomic mass is 79.9. The first-order valence-electron chi connectivity index (χ1n) is 47.8. The van der Waals surface area contributed by atoms with Gasteiger partial charge in [0.05, 0.1) is 50.1 Å². The van der Waals surface area contributed by atoms with Crippen molar-refractivity contribution < 1.29 is 110 Å². The van der Waals surface area contributed by atoms with E-state index in [1.807, 2.05) is 124 Å². The van der Waals surface area contributed by atoms with Crippen molar-refractivity contribution >= 4 is 132 Å². The minimum Gasteiger partial charge on any atom is -0.460 e. The maximum atomic E-state index is 13.7. The molecule has 143 heavy (non-hydrogen) atoms. The summed E-state index contributed by atoms with van der Waals surface area (Å²) in [7, 11) is 0. The molecule has 14 atom stereocenters. The second kappa shape index (κ2) is 57.1. The van der Waals surface area contributed by atoms with E-state index in [4.69, 9.17) is 39.7 Å². The highest BCUT2D eigenvalue weighted by Crippen LogP contribution is 2.34. The summed E-state index contributed by atoms with van der Waals surface area (Å²) < 4.78 is 34.6. The summed E-state index contributed by atoms with van der Waals surface area (Å²) in [5.41, 5.74) is 4.04. The van der Waals surface area contributed by atoms with Crippen LogP contribution in [0.4, 0.5) is 0 Å². The fourth-order valence-electron chi connectivity index (χ4n) is 16.3. The normalized spacial score (nSPS) is 24.8. The first-order chi connectivity index (χ1) is 67.8. The maximum Gasteiger partial charge on any atom is 0.329 e. The molecule has 2 fully saturated rings. The number of hydrogen-bond acceptors (Lipinski definition) is 28. The van der Waals surface area contributed by atoms with Crippen molar-refractivity contribution in [2.45, 2.75) is 241 Å². The van der Waals surface area contributed by atoms with Crippen LogP contribution < -0.4 is 26.6 Å². The third-order valence-corrected chi connectivity index (χ3v) is 25.2. The van der Waals surface area contributed by atoms with Crippen molar-refractivity contribution in [2.75, 3.05) is 31.9 Å². The Bertz CT molecular complexity index is 5730. The SMILES string of the molecule is CC(C)[C@@H]1CSC(=S)N1C(=O)C[C@H](O)/C=C/Br.CC1=C[C@@H](O)CC(=O)Cc2nc(co2)C(=O)N2CCC[C@@H]2C(=O)O[C@H](C(C)(C)C)[C@H](C)/C=C/C(=O)NCC=C1.CC1=C[C@@H](O)CC(=O)Cc2nc(co2)C(=O)N[C@H](Cc2c[nH]c3ccccc23)C(=O)O[C@H](C(C)C)[C@H](C)/C=C/C(=O)NCC=C1.CC1=C[C@@H](O)CC(=O)Cc2nc(co2)C(=O)N[C@H](Cc2ccccc2)C(=O)O[C@H](C(C)C)[C@H](C)/C=C/C(=O)NCC=C1. The molecule has 37 heteroatoms. The van der Waals surface area contributed by atoms with Crippen LogP contribution in [0.3, 0.4) is 0 Å². The van der Waals surface area contributed by atoms with E-state index in [0.717, 1.165) is 45.9 Å². The number of ether oxygens (including phenoxy) is 3. The molecule has 2 aromatic carbocycles. The molecule has 5 aliphatic rings. The zero-order valence-corrected chi connectivity index (χ0v) is 86.6. The largest absolute Gasteiger partial charge is 0.460 e. The number of amides is 7. The van der Waals surface area contributed by atoms with Gasteiger partial charge in [-0.15, -0.1) is 0 Å². The van der Waals surface area contributed by atoms with Gasteiger partial charge in [0.1, 0.15) is 76.9 Å². The molecule has 4 aromatic heterocycles. The predicted molar refractivity (Wildman–Crippen MR) is 547 cm³/mol. The van der Waals surface area contributed by atoms with Gasteiger partial charge < -0.3 is 84.4 Å². The zero-order valence-electron chi connectivity index (χ0n) is 83.4. The van der Waals surface area contributed by atoms with Crippen molar-refractivity contribution in [2.24, 2.45) is 40.9 Å². The molecular formula is C106H134BrN11O23S2. The van der Waals surface area contributed by atoms with E-state index in [-0.39, 0.29) is 189 Å². The summed E-state index contributed by atoms with van der Waals surface area (Å²) in [6.45, 7) is 29.7. The second-order valence-electron chi connectivity index (χ2n) is 37.9. The number of halogens is 1. The molecule has 34 nitrogen and oxygen atoms in total. The average Bonchev–Trinajstić information content (AvgIpc) is 1.70. The third kappa shape index (κ3) is 38.3. The number of thioether (sulfide) groups is 1. The molecule has 0 spiro atoms. The van der Waals surface area contributed by atoms with Crippen LogP contribution in [0.5, 0.6) is 0 Å². The first-order valence-corrected chi connectivity index (χ1v) is 50.1. The van der Waals surface area contributed by atoms with Gasteiger partial charge in [-0.2, -0.15) is 0 Å². The Balaban J connectivity index is 0.000000242. The molecule has 6 bridgehead atoms. The summed E-state index contributed by atoms with van der Waals surface area (Å²) in [5.74, 6) is -5.33. The van der Waals surface area contributed by atoms with E-state index in [1.165, 1.54) is 53.3 Å². The quantitative estimate of drug-likeness (QED) is 0.0346. The summed E-state index contributed by atoms with van der Waals surface area (Å²) in [6, 6.07) is 14.1. The molecule has 2 saturated heterocycles. The van der Waals surface area contributed by atoms with Gasteiger partial charge >= 0.3 is 17.9 Å². The fourth-order valence-corrected chi connectivity index (χ4v) is 18.3. The van der Waals surface area contributed by atoms with E-state index >= 15 is 0 Å². The van der Waals surface area contributed by atoms with E-state index in [2.05, 4.69) is 76.3 Å². The number of allylic oxidation sites excluding steroid dienone is 6. The minimum absolute atomic E-state index is 0.00648. The van der Waals surface area contributed by atoms with E-state index in [0.29, 0.717) is 40.8 Å². The predicted octanol–water partition coefficient (Wildman–Crippen LogP) is 12.5. The van der Waals surface area contributed by atoms with E-state index < -0.39 is 102 Å². The Morgan fingerprint density at radius 3 is 1.45 bits per heavy atom. The van der Waals surface area contributed by atoms with Crippen molar-refractivity contribution in [3.05, 3.63) is 244 Å². The highest BCUT2D eigenvalue weighted by molar-refractivity contribution is 9.11. The smallest absolute Gasteiger partial charge is 0.329 e. The molecule has 0 saturated carbocycles. The van der Waals surface area contributed by atoms with Gasteiger partial charge in [-0.05, 0) is 103 Å². The van der Waals surface area contributed by atoms with Crippen LogP contribution in [0.15, 0.2) is 212 Å². The molecule has 5 aliphatic heterocycles. The number of nitrogens with zero attached hydrogens (tertiary/aromatic N) is 5. The lowest BCUT2D eigenvalue weighted by atomic mass is 9.81. The lowest BCUT2D eigenvalue weighted by molar-refractivity contribution is -0.162. The molecule has 770 valence electrons. The number of rotatable bonds is 10. The molecule has 0 radical (unpaired) electrons. The van der Waals surface area contributed by atoms with Crippen LogP contribution in [-0.4, -0.2) is 230 Å².